The second-order valence-corrected chi connectivity index (χ2v) is 3.66. The first-order valence-corrected chi connectivity index (χ1v) is 5.09. The van der Waals surface area contributed by atoms with Gasteiger partial charge in [-0.1, -0.05) is 0 Å². The van der Waals surface area contributed by atoms with E-state index in [0.717, 1.165) is 12.8 Å². The van der Waals surface area contributed by atoms with E-state index < -0.39 is 0 Å². The molecule has 0 saturated heterocycles. The number of benzene rings is 1. The van der Waals surface area contributed by atoms with E-state index in [0.29, 0.717) is 18.0 Å². The van der Waals surface area contributed by atoms with E-state index in [-0.39, 0.29) is 18.5 Å². The molecule has 1 atom stereocenters. The van der Waals surface area contributed by atoms with Crippen molar-refractivity contribution in [2.75, 3.05) is 18.5 Å². The molecule has 1 aromatic rings. The van der Waals surface area contributed by atoms with Gasteiger partial charge in [-0.25, -0.2) is 4.39 Å². The molecule has 4 heteroatoms. The van der Waals surface area contributed by atoms with Crippen molar-refractivity contribution >= 4 is 5.69 Å². The molecule has 0 saturated carbocycles. The standard InChI is InChI=1S/C11H14FNO2/c12-8-3-4-11-10(6-8)13-9(7-15-11)2-1-5-14/h3-4,6,9,13-14H,1-2,5,7H2. The lowest BCUT2D eigenvalue weighted by molar-refractivity contribution is 0.249. The Morgan fingerprint density at radius 2 is 2.40 bits per heavy atom. The van der Waals surface area contributed by atoms with Crippen LogP contribution in [0.1, 0.15) is 12.8 Å². The Labute approximate surface area is 87.9 Å². The maximum absolute atomic E-state index is 12.9. The smallest absolute Gasteiger partial charge is 0.142 e. The summed E-state index contributed by atoms with van der Waals surface area (Å²) in [5, 5.41) is 11.9. The molecule has 0 aliphatic carbocycles. The molecule has 2 rings (SSSR count). The van der Waals surface area contributed by atoms with E-state index in [4.69, 9.17) is 9.84 Å². The largest absolute Gasteiger partial charge is 0.489 e. The number of halogens is 1. The van der Waals surface area contributed by atoms with Crippen LogP contribution < -0.4 is 10.1 Å². The van der Waals surface area contributed by atoms with E-state index in [9.17, 15) is 4.39 Å². The molecule has 3 nitrogen and oxygen atoms in total. The maximum atomic E-state index is 12.9. The minimum atomic E-state index is -0.271. The summed E-state index contributed by atoms with van der Waals surface area (Å²) in [6.07, 6.45) is 1.55. The number of ether oxygens (including phenoxy) is 1. The van der Waals surface area contributed by atoms with Gasteiger partial charge >= 0.3 is 0 Å². The number of nitrogens with one attached hydrogen (secondary N) is 1. The Morgan fingerprint density at radius 1 is 1.53 bits per heavy atom. The monoisotopic (exact) mass is 211 g/mol. The van der Waals surface area contributed by atoms with E-state index in [2.05, 4.69) is 5.32 Å². The van der Waals surface area contributed by atoms with Gasteiger partial charge in [-0.3, -0.25) is 0 Å². The zero-order valence-corrected chi connectivity index (χ0v) is 8.37. The van der Waals surface area contributed by atoms with Crippen molar-refractivity contribution in [3.8, 4) is 5.75 Å². The Hall–Kier alpha value is -1.29. The lowest BCUT2D eigenvalue weighted by atomic mass is 10.1. The first kappa shape index (κ1) is 10.2. The third-order valence-electron chi connectivity index (χ3n) is 2.45. The second kappa shape index (κ2) is 4.49. The lowest BCUT2D eigenvalue weighted by Crippen LogP contribution is -2.31. The summed E-state index contributed by atoms with van der Waals surface area (Å²) in [6, 6.07) is 4.60. The molecule has 0 spiro atoms. The summed E-state index contributed by atoms with van der Waals surface area (Å²) in [7, 11) is 0. The topological polar surface area (TPSA) is 41.5 Å². The number of aliphatic hydroxyl groups excluding tert-OH is 1. The van der Waals surface area contributed by atoms with Gasteiger partial charge in [0.15, 0.2) is 0 Å². The van der Waals surface area contributed by atoms with E-state index in [1.54, 1.807) is 6.07 Å². The number of anilines is 1. The maximum Gasteiger partial charge on any atom is 0.142 e. The Morgan fingerprint density at radius 3 is 3.20 bits per heavy atom. The van der Waals surface area contributed by atoms with Crippen LogP contribution in [0.2, 0.25) is 0 Å². The van der Waals surface area contributed by atoms with Crippen LogP contribution in [0.25, 0.3) is 0 Å². The predicted octanol–water partition coefficient (Wildman–Crippen LogP) is 1.77. The molecule has 15 heavy (non-hydrogen) atoms. The Bertz CT molecular complexity index is 343. The SMILES string of the molecule is OCCCC1COc2ccc(F)cc2N1. The molecule has 0 bridgehead atoms. The third kappa shape index (κ3) is 2.39. The number of hydrogen-bond donors (Lipinski definition) is 2. The van der Waals surface area contributed by atoms with Crippen LogP contribution in [0.3, 0.4) is 0 Å². The summed E-state index contributed by atoms with van der Waals surface area (Å²) in [6.45, 7) is 0.743. The van der Waals surface area contributed by atoms with Gasteiger partial charge in [-0.2, -0.15) is 0 Å². The van der Waals surface area contributed by atoms with E-state index in [1.807, 2.05) is 0 Å². The highest BCUT2D eigenvalue weighted by Gasteiger charge is 2.18. The van der Waals surface area contributed by atoms with Crippen LogP contribution in [0.4, 0.5) is 10.1 Å². The van der Waals surface area contributed by atoms with Crippen molar-refractivity contribution < 1.29 is 14.2 Å². The zero-order valence-electron chi connectivity index (χ0n) is 8.37. The normalized spacial score (nSPS) is 18.9. The fourth-order valence-corrected chi connectivity index (χ4v) is 1.69. The molecule has 1 aromatic carbocycles. The Balaban J connectivity index is 2.05. The van der Waals surface area contributed by atoms with Crippen molar-refractivity contribution in [3.05, 3.63) is 24.0 Å². The van der Waals surface area contributed by atoms with Crippen molar-refractivity contribution in [1.29, 1.82) is 0 Å². The number of hydrogen-bond acceptors (Lipinski definition) is 3. The third-order valence-corrected chi connectivity index (χ3v) is 2.45. The summed E-state index contributed by atoms with van der Waals surface area (Å²) < 4.78 is 18.4. The van der Waals surface area contributed by atoms with Crippen LogP contribution in [-0.4, -0.2) is 24.4 Å². The fraction of sp³-hybridized carbons (Fsp3) is 0.455. The highest BCUT2D eigenvalue weighted by molar-refractivity contribution is 5.58. The van der Waals surface area contributed by atoms with Crippen LogP contribution >= 0.6 is 0 Å². The number of rotatable bonds is 3. The van der Waals surface area contributed by atoms with Crippen LogP contribution in [0.15, 0.2) is 18.2 Å². The molecule has 1 heterocycles. The van der Waals surface area contributed by atoms with Gasteiger partial charge in [0.1, 0.15) is 18.2 Å². The van der Waals surface area contributed by atoms with Crippen molar-refractivity contribution in [2.24, 2.45) is 0 Å². The van der Waals surface area contributed by atoms with Crippen LogP contribution in [-0.2, 0) is 0 Å². The summed E-state index contributed by atoms with van der Waals surface area (Å²) >= 11 is 0. The molecule has 0 amide bonds. The Kier molecular flexibility index (Phi) is 3.06. The molecule has 0 radical (unpaired) electrons. The second-order valence-electron chi connectivity index (χ2n) is 3.66. The highest BCUT2D eigenvalue weighted by atomic mass is 19.1. The molecular weight excluding hydrogens is 197 g/mol. The first-order chi connectivity index (χ1) is 7.29. The summed E-state index contributed by atoms with van der Waals surface area (Å²) in [4.78, 5) is 0. The molecule has 0 aromatic heterocycles. The molecule has 1 unspecified atom stereocenters. The first-order valence-electron chi connectivity index (χ1n) is 5.09. The molecule has 0 fully saturated rings. The minimum absolute atomic E-state index is 0.159. The van der Waals surface area contributed by atoms with E-state index in [1.165, 1.54) is 12.1 Å². The molecule has 1 aliphatic heterocycles. The van der Waals surface area contributed by atoms with E-state index >= 15 is 0 Å². The van der Waals surface area contributed by atoms with Crippen molar-refractivity contribution in [2.45, 2.75) is 18.9 Å². The minimum Gasteiger partial charge on any atom is -0.489 e. The summed E-state index contributed by atoms with van der Waals surface area (Å²) in [5.41, 5.74) is 0.698. The molecule has 1 aliphatic rings. The predicted molar refractivity (Wildman–Crippen MR) is 55.6 cm³/mol. The molecule has 82 valence electrons. The number of fused-ring (bicyclic) bond motifs is 1. The molecular formula is C11H14FNO2. The quantitative estimate of drug-likeness (QED) is 0.800. The van der Waals surface area contributed by atoms with Crippen molar-refractivity contribution in [3.63, 3.8) is 0 Å². The van der Waals surface area contributed by atoms with Gasteiger partial charge in [0.2, 0.25) is 0 Å². The van der Waals surface area contributed by atoms with Gasteiger partial charge in [-0.05, 0) is 25.0 Å². The van der Waals surface area contributed by atoms with Gasteiger partial charge < -0.3 is 15.2 Å². The van der Waals surface area contributed by atoms with Crippen LogP contribution in [0.5, 0.6) is 5.75 Å². The lowest BCUT2D eigenvalue weighted by Gasteiger charge is -2.27. The van der Waals surface area contributed by atoms with Crippen molar-refractivity contribution in [1.82, 2.24) is 0 Å². The number of aliphatic hydroxyl groups is 1. The summed E-state index contributed by atoms with van der Waals surface area (Å²) in [5.74, 6) is 0.421. The van der Waals surface area contributed by atoms with Crippen LogP contribution in [0, 0.1) is 5.82 Å². The highest BCUT2D eigenvalue weighted by Crippen LogP contribution is 2.30. The van der Waals surface area contributed by atoms with Gasteiger partial charge in [0.25, 0.3) is 0 Å². The average molecular weight is 211 g/mol. The average Bonchev–Trinajstić information content (AvgIpc) is 2.25. The van der Waals surface area contributed by atoms with Gasteiger partial charge in [-0.15, -0.1) is 0 Å². The fourth-order valence-electron chi connectivity index (χ4n) is 1.69. The van der Waals surface area contributed by atoms with Gasteiger partial charge in [0, 0.05) is 12.7 Å². The van der Waals surface area contributed by atoms with Gasteiger partial charge in [0.05, 0.1) is 11.7 Å². The molecule has 2 N–H and O–H groups in total. The zero-order chi connectivity index (χ0) is 10.7.